The highest BCUT2D eigenvalue weighted by molar-refractivity contribution is 5.98. The number of carbonyl (C=O) groups excluding carboxylic acids is 1. The van der Waals surface area contributed by atoms with E-state index in [-0.39, 0.29) is 34.7 Å². The van der Waals surface area contributed by atoms with Gasteiger partial charge in [0, 0.05) is 11.1 Å². The molecule has 0 aliphatic heterocycles. The molecular weight excluding hydrogens is 233 g/mol. The lowest BCUT2D eigenvalue weighted by Gasteiger charge is -2.19. The van der Waals surface area contributed by atoms with E-state index < -0.39 is 5.82 Å². The van der Waals surface area contributed by atoms with Gasteiger partial charge in [0.1, 0.15) is 11.9 Å². The van der Waals surface area contributed by atoms with Crippen LogP contribution in [0.1, 0.15) is 36.7 Å². The number of anilines is 1. The van der Waals surface area contributed by atoms with Gasteiger partial charge >= 0.3 is 0 Å². The molecule has 5 heteroatoms. The minimum absolute atomic E-state index is 0.0193. The van der Waals surface area contributed by atoms with Gasteiger partial charge in [-0.2, -0.15) is 5.26 Å². The van der Waals surface area contributed by atoms with E-state index in [1.807, 2.05) is 20.8 Å². The van der Waals surface area contributed by atoms with Crippen molar-refractivity contribution in [3.8, 4) is 6.07 Å². The predicted octanol–water partition coefficient (Wildman–Crippen LogP) is 1.85. The van der Waals surface area contributed by atoms with Gasteiger partial charge in [-0.25, -0.2) is 4.39 Å². The number of nitrogens with two attached hydrogens (primary N) is 1. The molecular formula is C13H16FN3O. The van der Waals surface area contributed by atoms with Crippen molar-refractivity contribution in [1.29, 1.82) is 5.26 Å². The van der Waals surface area contributed by atoms with E-state index in [1.54, 1.807) is 6.07 Å². The zero-order chi connectivity index (χ0) is 13.9. The van der Waals surface area contributed by atoms with Crippen molar-refractivity contribution in [1.82, 2.24) is 5.32 Å². The molecule has 0 bridgehead atoms. The van der Waals surface area contributed by atoms with Crippen LogP contribution in [0.15, 0.2) is 12.1 Å². The number of halogens is 1. The van der Waals surface area contributed by atoms with Gasteiger partial charge in [0.2, 0.25) is 0 Å². The Hall–Kier alpha value is -1.93. The van der Waals surface area contributed by atoms with Crippen LogP contribution in [-0.4, -0.2) is 17.9 Å². The summed E-state index contributed by atoms with van der Waals surface area (Å²) in [5.74, 6) is -1.02. The number of ketones is 1. The third kappa shape index (κ3) is 3.54. The minimum Gasteiger partial charge on any atom is -0.395 e. The first-order valence-corrected chi connectivity index (χ1v) is 5.52. The third-order valence-corrected chi connectivity index (χ3v) is 2.35. The minimum atomic E-state index is -0.742. The first kappa shape index (κ1) is 14.1. The van der Waals surface area contributed by atoms with E-state index in [2.05, 4.69) is 5.32 Å². The van der Waals surface area contributed by atoms with Crippen molar-refractivity contribution in [3.05, 3.63) is 29.1 Å². The number of rotatable bonds is 3. The van der Waals surface area contributed by atoms with Crippen molar-refractivity contribution in [2.45, 2.75) is 26.3 Å². The maximum atomic E-state index is 13.4. The fraction of sp³-hybridized carbons (Fsp3) is 0.385. The third-order valence-electron chi connectivity index (χ3n) is 2.35. The number of nitrogens with zero attached hydrogens (tertiary/aromatic N) is 1. The lowest BCUT2D eigenvalue weighted by Crippen LogP contribution is -2.39. The zero-order valence-electron chi connectivity index (χ0n) is 10.7. The summed E-state index contributed by atoms with van der Waals surface area (Å²) in [6, 6.07) is 4.14. The highest BCUT2D eigenvalue weighted by atomic mass is 19.1. The van der Waals surface area contributed by atoms with Crippen molar-refractivity contribution < 1.29 is 9.18 Å². The number of carbonyl (C=O) groups is 1. The summed E-state index contributed by atoms with van der Waals surface area (Å²) in [5.41, 5.74) is 5.08. The summed E-state index contributed by atoms with van der Waals surface area (Å²) in [7, 11) is 0. The van der Waals surface area contributed by atoms with Crippen molar-refractivity contribution in [2.24, 2.45) is 0 Å². The van der Waals surface area contributed by atoms with Gasteiger partial charge in [-0.05, 0) is 32.9 Å². The monoisotopic (exact) mass is 249 g/mol. The summed E-state index contributed by atoms with van der Waals surface area (Å²) >= 11 is 0. The van der Waals surface area contributed by atoms with Crippen LogP contribution in [0.5, 0.6) is 0 Å². The molecule has 0 heterocycles. The van der Waals surface area contributed by atoms with Crippen LogP contribution >= 0.6 is 0 Å². The van der Waals surface area contributed by atoms with Gasteiger partial charge in [-0.15, -0.1) is 0 Å². The molecule has 0 aliphatic rings. The lowest BCUT2D eigenvalue weighted by atomic mass is 10.0. The first-order valence-electron chi connectivity index (χ1n) is 5.52. The van der Waals surface area contributed by atoms with Crippen molar-refractivity contribution in [3.63, 3.8) is 0 Å². The molecule has 0 aliphatic carbocycles. The highest BCUT2D eigenvalue weighted by Crippen LogP contribution is 2.18. The first-order chi connectivity index (χ1) is 8.24. The molecule has 0 spiro atoms. The summed E-state index contributed by atoms with van der Waals surface area (Å²) in [4.78, 5) is 11.8. The van der Waals surface area contributed by atoms with Crippen LogP contribution < -0.4 is 11.1 Å². The molecule has 96 valence electrons. The normalized spacial score (nSPS) is 11.1. The standard InChI is InChI=1S/C13H16FN3O/c1-13(2,3)17-7-11(18)8-4-9(6-15)12(16)10(14)5-8/h4-5,17H,7,16H2,1-3H3. The Morgan fingerprint density at radius 3 is 2.61 bits per heavy atom. The summed E-state index contributed by atoms with van der Waals surface area (Å²) in [6.45, 7) is 5.84. The summed E-state index contributed by atoms with van der Waals surface area (Å²) in [5, 5.41) is 11.8. The van der Waals surface area contributed by atoms with Crippen LogP contribution in [0, 0.1) is 17.1 Å². The molecule has 0 saturated heterocycles. The van der Waals surface area contributed by atoms with Crippen LogP contribution in [-0.2, 0) is 0 Å². The second-order valence-corrected chi connectivity index (χ2v) is 5.06. The molecule has 0 atom stereocenters. The molecule has 0 fully saturated rings. The number of nitrogen functional groups attached to an aromatic ring is 1. The number of nitrogens with one attached hydrogen (secondary N) is 1. The van der Waals surface area contributed by atoms with Crippen molar-refractivity contribution >= 4 is 11.5 Å². The number of benzene rings is 1. The van der Waals surface area contributed by atoms with E-state index in [1.165, 1.54) is 6.07 Å². The molecule has 18 heavy (non-hydrogen) atoms. The van der Waals surface area contributed by atoms with E-state index >= 15 is 0 Å². The fourth-order valence-electron chi connectivity index (χ4n) is 1.32. The SMILES string of the molecule is CC(C)(C)NCC(=O)c1cc(F)c(N)c(C#N)c1. The van der Waals surface area contributed by atoms with Gasteiger partial charge in [0.15, 0.2) is 5.78 Å². The van der Waals surface area contributed by atoms with Gasteiger partial charge < -0.3 is 11.1 Å². The molecule has 1 rings (SSSR count). The Labute approximate surface area is 106 Å². The molecule has 0 amide bonds. The lowest BCUT2D eigenvalue weighted by molar-refractivity contribution is 0.0981. The molecule has 1 aromatic carbocycles. The predicted molar refractivity (Wildman–Crippen MR) is 67.6 cm³/mol. The molecule has 1 aromatic rings. The van der Waals surface area contributed by atoms with Crippen LogP contribution in [0.25, 0.3) is 0 Å². The number of hydrogen-bond acceptors (Lipinski definition) is 4. The number of nitriles is 1. The highest BCUT2D eigenvalue weighted by Gasteiger charge is 2.15. The largest absolute Gasteiger partial charge is 0.395 e. The van der Waals surface area contributed by atoms with E-state index in [9.17, 15) is 9.18 Å². The molecule has 4 nitrogen and oxygen atoms in total. The van der Waals surface area contributed by atoms with E-state index in [0.717, 1.165) is 6.07 Å². The zero-order valence-corrected chi connectivity index (χ0v) is 10.7. The number of Topliss-reactive ketones (excluding diaryl/α,β-unsaturated/α-hetero) is 1. The average molecular weight is 249 g/mol. The molecule has 0 aromatic heterocycles. The molecule has 0 radical (unpaired) electrons. The van der Waals surface area contributed by atoms with Gasteiger partial charge in [-0.3, -0.25) is 4.79 Å². The summed E-state index contributed by atoms with van der Waals surface area (Å²) in [6.07, 6.45) is 0. The Bertz CT molecular complexity index is 512. The van der Waals surface area contributed by atoms with Gasteiger partial charge in [0.05, 0.1) is 17.8 Å². The smallest absolute Gasteiger partial charge is 0.176 e. The van der Waals surface area contributed by atoms with E-state index in [0.29, 0.717) is 0 Å². The van der Waals surface area contributed by atoms with Crippen molar-refractivity contribution in [2.75, 3.05) is 12.3 Å². The summed E-state index contributed by atoms with van der Waals surface area (Å²) < 4.78 is 13.4. The fourth-order valence-corrected chi connectivity index (χ4v) is 1.32. The topological polar surface area (TPSA) is 78.9 Å². The molecule has 0 unspecified atom stereocenters. The quantitative estimate of drug-likeness (QED) is 0.633. The Morgan fingerprint density at radius 1 is 1.50 bits per heavy atom. The Morgan fingerprint density at radius 2 is 2.11 bits per heavy atom. The number of hydrogen-bond donors (Lipinski definition) is 2. The van der Waals surface area contributed by atoms with E-state index in [4.69, 9.17) is 11.0 Å². The second kappa shape index (κ2) is 5.15. The average Bonchev–Trinajstić information content (AvgIpc) is 2.28. The maximum absolute atomic E-state index is 13.4. The Balaban J connectivity index is 2.94. The Kier molecular flexibility index (Phi) is 4.04. The second-order valence-electron chi connectivity index (χ2n) is 5.06. The van der Waals surface area contributed by atoms with Crippen LogP contribution in [0.3, 0.4) is 0 Å². The molecule has 0 saturated carbocycles. The van der Waals surface area contributed by atoms with Crippen LogP contribution in [0.4, 0.5) is 10.1 Å². The maximum Gasteiger partial charge on any atom is 0.176 e. The van der Waals surface area contributed by atoms with Crippen LogP contribution in [0.2, 0.25) is 0 Å². The molecule has 3 N–H and O–H groups in total. The van der Waals surface area contributed by atoms with Gasteiger partial charge in [0.25, 0.3) is 0 Å². The van der Waals surface area contributed by atoms with Gasteiger partial charge in [-0.1, -0.05) is 0 Å².